The van der Waals surface area contributed by atoms with E-state index in [1.54, 1.807) is 18.3 Å². The van der Waals surface area contributed by atoms with Gasteiger partial charge in [-0.3, -0.25) is 0 Å². The Kier molecular flexibility index (Phi) is 5.92. The van der Waals surface area contributed by atoms with Gasteiger partial charge >= 0.3 is 0 Å². The van der Waals surface area contributed by atoms with Crippen molar-refractivity contribution in [2.24, 2.45) is 0 Å². The van der Waals surface area contributed by atoms with E-state index < -0.39 is 0 Å². The van der Waals surface area contributed by atoms with Gasteiger partial charge < -0.3 is 20.1 Å². The number of anilines is 1. The minimum Gasteiger partial charge on any atom is -0.504 e. The van der Waals surface area contributed by atoms with E-state index in [4.69, 9.17) is 10.00 Å². The van der Waals surface area contributed by atoms with Crippen molar-refractivity contribution in [2.45, 2.75) is 32.4 Å². The molecule has 0 bridgehead atoms. The summed E-state index contributed by atoms with van der Waals surface area (Å²) >= 11 is 0. The zero-order valence-electron chi connectivity index (χ0n) is 15.0. The maximum absolute atomic E-state index is 9.93. The molecule has 3 rings (SSSR count). The van der Waals surface area contributed by atoms with Crippen molar-refractivity contribution < 1.29 is 9.84 Å². The first-order chi connectivity index (χ1) is 12.7. The summed E-state index contributed by atoms with van der Waals surface area (Å²) in [5.41, 5.74) is 1.61. The summed E-state index contributed by atoms with van der Waals surface area (Å²) in [5, 5.41) is 22.3. The van der Waals surface area contributed by atoms with Crippen LogP contribution in [0.15, 0.2) is 36.5 Å². The van der Waals surface area contributed by atoms with Crippen LogP contribution >= 0.6 is 0 Å². The van der Waals surface area contributed by atoms with Crippen molar-refractivity contribution in [3.63, 3.8) is 0 Å². The lowest BCUT2D eigenvalue weighted by Crippen LogP contribution is -2.43. The second-order valence-corrected chi connectivity index (χ2v) is 6.36. The van der Waals surface area contributed by atoms with Gasteiger partial charge in [0.2, 0.25) is 0 Å². The Balaban J connectivity index is 1.87. The first kappa shape index (κ1) is 18.0. The summed E-state index contributed by atoms with van der Waals surface area (Å²) in [7, 11) is 0. The van der Waals surface area contributed by atoms with Gasteiger partial charge in [0.1, 0.15) is 11.9 Å². The maximum Gasteiger partial charge on any atom is 0.161 e. The van der Waals surface area contributed by atoms with Crippen molar-refractivity contribution >= 4 is 5.82 Å². The summed E-state index contributed by atoms with van der Waals surface area (Å²) in [4.78, 5) is 6.78. The molecule has 2 N–H and O–H groups in total. The molecule has 1 aromatic heterocycles. The molecule has 1 saturated heterocycles. The van der Waals surface area contributed by atoms with Gasteiger partial charge in [-0.15, -0.1) is 0 Å². The molecular formula is C20H24N4O2. The topological polar surface area (TPSA) is 81.4 Å². The van der Waals surface area contributed by atoms with Crippen LogP contribution < -0.4 is 15.0 Å². The number of phenolic OH excluding ortho intramolecular Hbond substituents is 1. The van der Waals surface area contributed by atoms with Crippen LogP contribution in [0.3, 0.4) is 0 Å². The van der Waals surface area contributed by atoms with Crippen LogP contribution in [0.25, 0.3) is 0 Å². The monoisotopic (exact) mass is 352 g/mol. The molecule has 0 aliphatic carbocycles. The van der Waals surface area contributed by atoms with Crippen molar-refractivity contribution in [3.8, 4) is 17.6 Å². The first-order valence-corrected chi connectivity index (χ1v) is 8.99. The number of rotatable bonds is 6. The third kappa shape index (κ3) is 4.24. The van der Waals surface area contributed by atoms with Gasteiger partial charge in [0.05, 0.1) is 12.2 Å². The number of benzene rings is 1. The van der Waals surface area contributed by atoms with Gasteiger partial charge in [-0.25, -0.2) is 4.98 Å². The molecule has 2 heterocycles. The number of hydrogen-bond donors (Lipinski definition) is 2. The predicted molar refractivity (Wildman–Crippen MR) is 100 cm³/mol. The highest BCUT2D eigenvalue weighted by molar-refractivity contribution is 5.47. The van der Waals surface area contributed by atoms with Gasteiger partial charge in [0.15, 0.2) is 11.5 Å². The molecule has 1 aromatic carbocycles. The molecule has 1 fully saturated rings. The quantitative estimate of drug-likeness (QED) is 0.832. The average Bonchev–Trinajstić information content (AvgIpc) is 2.69. The normalized spacial score (nSPS) is 14.6. The van der Waals surface area contributed by atoms with E-state index in [9.17, 15) is 5.11 Å². The lowest BCUT2D eigenvalue weighted by Gasteiger charge is -2.35. The Morgan fingerprint density at radius 3 is 2.77 bits per heavy atom. The molecule has 1 aliphatic rings. The van der Waals surface area contributed by atoms with Crippen LogP contribution in [0.4, 0.5) is 5.82 Å². The summed E-state index contributed by atoms with van der Waals surface area (Å²) in [5.74, 6) is 1.52. The van der Waals surface area contributed by atoms with Crippen LogP contribution in [0.2, 0.25) is 0 Å². The minimum atomic E-state index is 0.153. The van der Waals surface area contributed by atoms with Crippen LogP contribution in [-0.4, -0.2) is 35.8 Å². The number of aromatic hydroxyl groups is 1. The maximum atomic E-state index is 9.93. The van der Waals surface area contributed by atoms with Gasteiger partial charge in [-0.1, -0.05) is 6.07 Å². The number of hydrogen-bond acceptors (Lipinski definition) is 6. The molecule has 0 spiro atoms. The summed E-state index contributed by atoms with van der Waals surface area (Å²) in [6.07, 6.45) is 3.70. The number of aromatic nitrogens is 1. The molecule has 0 unspecified atom stereocenters. The molecule has 26 heavy (non-hydrogen) atoms. The highest BCUT2D eigenvalue weighted by Gasteiger charge is 2.23. The fraction of sp³-hybridized carbons (Fsp3) is 0.400. The molecule has 2 aromatic rings. The fourth-order valence-electron chi connectivity index (χ4n) is 3.26. The van der Waals surface area contributed by atoms with E-state index >= 15 is 0 Å². The number of phenols is 1. The van der Waals surface area contributed by atoms with Gasteiger partial charge in [0.25, 0.3) is 0 Å². The highest BCUT2D eigenvalue weighted by Crippen LogP contribution is 2.29. The van der Waals surface area contributed by atoms with E-state index in [1.165, 1.54) is 0 Å². The highest BCUT2D eigenvalue weighted by atomic mass is 16.5. The number of nitrogens with zero attached hydrogens (tertiary/aromatic N) is 3. The Morgan fingerprint density at radius 1 is 1.31 bits per heavy atom. The largest absolute Gasteiger partial charge is 0.504 e. The van der Waals surface area contributed by atoms with E-state index in [-0.39, 0.29) is 5.75 Å². The number of nitrogens with one attached hydrogen (secondary N) is 1. The first-order valence-electron chi connectivity index (χ1n) is 8.99. The van der Waals surface area contributed by atoms with Crippen molar-refractivity contribution in [2.75, 3.05) is 24.6 Å². The smallest absolute Gasteiger partial charge is 0.161 e. The summed E-state index contributed by atoms with van der Waals surface area (Å²) in [6.45, 7) is 5.04. The predicted octanol–water partition coefficient (Wildman–Crippen LogP) is 2.82. The Hall–Kier alpha value is -2.78. The molecule has 0 radical (unpaired) electrons. The lowest BCUT2D eigenvalue weighted by atomic mass is 10.0. The van der Waals surface area contributed by atoms with Crippen LogP contribution in [-0.2, 0) is 6.54 Å². The number of nitriles is 1. The average molecular weight is 352 g/mol. The standard InChI is InChI=1S/C20H24N4O2/c1-2-26-19-11-15(3-5-18(19)25)14-24(17-7-9-22-10-8-17)20-6-4-16(12-21)13-23-20/h3-6,11,13,17,22,25H,2,7-10,14H2,1H3. The van der Waals surface area contributed by atoms with Crippen LogP contribution in [0, 0.1) is 11.3 Å². The van der Waals surface area contributed by atoms with E-state index in [2.05, 4.69) is 21.3 Å². The Labute approximate surface area is 154 Å². The van der Waals surface area contributed by atoms with Crippen LogP contribution in [0.5, 0.6) is 11.5 Å². The lowest BCUT2D eigenvalue weighted by molar-refractivity contribution is 0.317. The van der Waals surface area contributed by atoms with Crippen molar-refractivity contribution in [3.05, 3.63) is 47.7 Å². The molecule has 0 amide bonds. The minimum absolute atomic E-state index is 0.153. The molecule has 0 saturated carbocycles. The number of ether oxygens (including phenoxy) is 1. The Morgan fingerprint density at radius 2 is 2.12 bits per heavy atom. The zero-order chi connectivity index (χ0) is 18.4. The summed E-state index contributed by atoms with van der Waals surface area (Å²) < 4.78 is 5.51. The second kappa shape index (κ2) is 8.54. The van der Waals surface area contributed by atoms with Gasteiger partial charge in [0, 0.05) is 18.8 Å². The fourth-order valence-corrected chi connectivity index (χ4v) is 3.26. The molecule has 0 atom stereocenters. The SMILES string of the molecule is CCOc1cc(CN(c2ccc(C#N)cn2)C2CCNCC2)ccc1O. The van der Waals surface area contributed by atoms with E-state index in [0.717, 1.165) is 37.3 Å². The van der Waals surface area contributed by atoms with Crippen LogP contribution in [0.1, 0.15) is 30.9 Å². The van der Waals surface area contributed by atoms with E-state index in [0.29, 0.717) is 30.5 Å². The number of piperidine rings is 1. The molecule has 6 nitrogen and oxygen atoms in total. The molecule has 136 valence electrons. The van der Waals surface area contributed by atoms with Crippen molar-refractivity contribution in [1.82, 2.24) is 10.3 Å². The number of pyridine rings is 1. The second-order valence-electron chi connectivity index (χ2n) is 6.36. The van der Waals surface area contributed by atoms with Gasteiger partial charge in [-0.2, -0.15) is 5.26 Å². The molecule has 1 aliphatic heterocycles. The van der Waals surface area contributed by atoms with E-state index in [1.807, 2.05) is 25.1 Å². The third-order valence-corrected chi connectivity index (χ3v) is 4.60. The Bertz CT molecular complexity index is 764. The summed E-state index contributed by atoms with van der Waals surface area (Å²) in [6, 6.07) is 11.7. The molecule has 6 heteroatoms. The third-order valence-electron chi connectivity index (χ3n) is 4.60. The van der Waals surface area contributed by atoms with Gasteiger partial charge in [-0.05, 0) is 62.7 Å². The van der Waals surface area contributed by atoms with Crippen molar-refractivity contribution in [1.29, 1.82) is 5.26 Å². The zero-order valence-corrected chi connectivity index (χ0v) is 15.0. The molecular weight excluding hydrogens is 328 g/mol.